The summed E-state index contributed by atoms with van der Waals surface area (Å²) in [5, 5.41) is 0.827. The van der Waals surface area contributed by atoms with Crippen molar-refractivity contribution in [2.24, 2.45) is 11.7 Å². The van der Waals surface area contributed by atoms with E-state index in [9.17, 15) is 4.39 Å². The number of rotatable bonds is 2. The van der Waals surface area contributed by atoms with Gasteiger partial charge in [0, 0.05) is 17.6 Å². The minimum Gasteiger partial charge on any atom is -0.324 e. The van der Waals surface area contributed by atoms with Crippen molar-refractivity contribution in [2.45, 2.75) is 18.9 Å². The second-order valence-corrected chi connectivity index (χ2v) is 4.47. The average molecular weight is 216 g/mol. The van der Waals surface area contributed by atoms with Crippen molar-refractivity contribution in [1.82, 2.24) is 4.98 Å². The first-order chi connectivity index (χ1) is 7.74. The molecule has 1 aromatic heterocycles. The maximum atomic E-state index is 13.1. The molecule has 0 spiro atoms. The zero-order valence-electron chi connectivity index (χ0n) is 8.86. The third kappa shape index (κ3) is 1.67. The fraction of sp³-hybridized carbons (Fsp3) is 0.308. The summed E-state index contributed by atoms with van der Waals surface area (Å²) in [5.74, 6) is 0.360. The van der Waals surface area contributed by atoms with Gasteiger partial charge in [0.1, 0.15) is 5.82 Å². The van der Waals surface area contributed by atoms with Gasteiger partial charge in [-0.15, -0.1) is 0 Å². The molecule has 0 aliphatic heterocycles. The van der Waals surface area contributed by atoms with Crippen molar-refractivity contribution in [3.8, 4) is 0 Å². The fourth-order valence-corrected chi connectivity index (χ4v) is 2.03. The quantitative estimate of drug-likeness (QED) is 0.838. The highest BCUT2D eigenvalue weighted by Crippen LogP contribution is 2.39. The van der Waals surface area contributed by atoms with Crippen molar-refractivity contribution < 1.29 is 4.39 Å². The molecule has 16 heavy (non-hydrogen) atoms. The van der Waals surface area contributed by atoms with Gasteiger partial charge in [-0.05, 0) is 48.6 Å². The molecular formula is C13H13FN2. The molecule has 2 N–H and O–H groups in total. The molecule has 82 valence electrons. The molecule has 1 aliphatic rings. The van der Waals surface area contributed by atoms with Crippen LogP contribution in [0, 0.1) is 11.7 Å². The Hall–Kier alpha value is -1.48. The van der Waals surface area contributed by atoms with E-state index in [1.165, 1.54) is 25.0 Å². The Labute approximate surface area is 93.3 Å². The smallest absolute Gasteiger partial charge is 0.123 e. The van der Waals surface area contributed by atoms with Gasteiger partial charge in [0.05, 0.1) is 5.52 Å². The number of halogens is 1. The summed E-state index contributed by atoms with van der Waals surface area (Å²) in [6.45, 7) is 0. The number of hydrogen-bond acceptors (Lipinski definition) is 2. The third-order valence-electron chi connectivity index (χ3n) is 3.18. The monoisotopic (exact) mass is 216 g/mol. The highest BCUT2D eigenvalue weighted by Gasteiger charge is 2.29. The first-order valence-electron chi connectivity index (χ1n) is 5.55. The number of pyridine rings is 1. The molecule has 1 unspecified atom stereocenters. The van der Waals surface area contributed by atoms with Crippen LogP contribution < -0.4 is 5.73 Å². The minimum atomic E-state index is -0.230. The van der Waals surface area contributed by atoms with Gasteiger partial charge in [-0.3, -0.25) is 4.98 Å². The molecule has 1 heterocycles. The van der Waals surface area contributed by atoms with E-state index in [1.54, 1.807) is 6.07 Å². The number of nitrogens with two attached hydrogens (primary N) is 1. The lowest BCUT2D eigenvalue weighted by atomic mass is 10.0. The third-order valence-corrected chi connectivity index (χ3v) is 3.18. The van der Waals surface area contributed by atoms with Crippen LogP contribution in [0.15, 0.2) is 30.5 Å². The number of aromatic nitrogens is 1. The molecule has 2 nitrogen and oxygen atoms in total. The summed E-state index contributed by atoms with van der Waals surface area (Å²) >= 11 is 0. The first-order valence-corrected chi connectivity index (χ1v) is 5.55. The lowest BCUT2D eigenvalue weighted by molar-refractivity contribution is 0.627. The molecule has 1 aliphatic carbocycles. The van der Waals surface area contributed by atoms with E-state index in [1.807, 2.05) is 12.3 Å². The van der Waals surface area contributed by atoms with E-state index in [0.717, 1.165) is 16.5 Å². The lowest BCUT2D eigenvalue weighted by Gasteiger charge is -2.10. The van der Waals surface area contributed by atoms with Gasteiger partial charge in [0.15, 0.2) is 0 Å². The molecule has 3 heteroatoms. The zero-order valence-corrected chi connectivity index (χ0v) is 8.86. The minimum absolute atomic E-state index is 0.0557. The highest BCUT2D eigenvalue weighted by molar-refractivity contribution is 5.79. The molecule has 1 aromatic carbocycles. The van der Waals surface area contributed by atoms with E-state index in [0.29, 0.717) is 5.92 Å². The molecule has 1 fully saturated rings. The van der Waals surface area contributed by atoms with Crippen LogP contribution >= 0.6 is 0 Å². The van der Waals surface area contributed by atoms with E-state index >= 15 is 0 Å². The summed E-state index contributed by atoms with van der Waals surface area (Å²) in [7, 11) is 0. The van der Waals surface area contributed by atoms with E-state index in [2.05, 4.69) is 4.98 Å². The lowest BCUT2D eigenvalue weighted by Crippen LogP contribution is -2.12. The predicted octanol–water partition coefficient (Wildman–Crippen LogP) is 2.78. The van der Waals surface area contributed by atoms with Gasteiger partial charge in [-0.2, -0.15) is 0 Å². The van der Waals surface area contributed by atoms with Crippen LogP contribution in [0.25, 0.3) is 10.9 Å². The largest absolute Gasteiger partial charge is 0.324 e. The van der Waals surface area contributed by atoms with E-state index < -0.39 is 0 Å². The van der Waals surface area contributed by atoms with Crippen molar-refractivity contribution in [3.63, 3.8) is 0 Å². The van der Waals surface area contributed by atoms with Gasteiger partial charge >= 0.3 is 0 Å². The normalized spacial score (nSPS) is 17.6. The van der Waals surface area contributed by atoms with E-state index in [4.69, 9.17) is 5.73 Å². The summed E-state index contributed by atoms with van der Waals surface area (Å²) in [4.78, 5) is 4.31. The molecule has 0 bridgehead atoms. The highest BCUT2D eigenvalue weighted by atomic mass is 19.1. The van der Waals surface area contributed by atoms with E-state index in [-0.39, 0.29) is 11.9 Å². The van der Waals surface area contributed by atoms with Gasteiger partial charge in [0.25, 0.3) is 0 Å². The zero-order chi connectivity index (χ0) is 11.1. The Morgan fingerprint density at radius 1 is 1.31 bits per heavy atom. The molecule has 0 amide bonds. The second-order valence-electron chi connectivity index (χ2n) is 4.47. The summed E-state index contributed by atoms with van der Waals surface area (Å²) < 4.78 is 13.1. The SMILES string of the molecule is NC(c1cnc2ccc(F)cc2c1)C1CC1. The predicted molar refractivity (Wildman–Crippen MR) is 61.4 cm³/mol. The Morgan fingerprint density at radius 3 is 2.88 bits per heavy atom. The maximum Gasteiger partial charge on any atom is 0.123 e. The Kier molecular flexibility index (Phi) is 2.14. The van der Waals surface area contributed by atoms with Crippen molar-refractivity contribution in [3.05, 3.63) is 41.8 Å². The molecule has 0 radical (unpaired) electrons. The Bertz CT molecular complexity index is 534. The number of hydrogen-bond donors (Lipinski definition) is 1. The Balaban J connectivity index is 2.06. The van der Waals surface area contributed by atoms with Crippen LogP contribution in [0.4, 0.5) is 4.39 Å². The number of benzene rings is 1. The number of nitrogens with zero attached hydrogens (tertiary/aromatic N) is 1. The van der Waals surface area contributed by atoms with Gasteiger partial charge in [-0.25, -0.2) is 4.39 Å². The summed E-state index contributed by atoms with van der Waals surface area (Å²) in [6.07, 6.45) is 4.20. The molecule has 2 aromatic rings. The Morgan fingerprint density at radius 2 is 2.12 bits per heavy atom. The van der Waals surface area contributed by atoms with Crippen molar-refractivity contribution in [2.75, 3.05) is 0 Å². The van der Waals surface area contributed by atoms with Crippen LogP contribution in [-0.2, 0) is 0 Å². The molecule has 1 atom stereocenters. The van der Waals surface area contributed by atoms with Crippen molar-refractivity contribution >= 4 is 10.9 Å². The fourth-order valence-electron chi connectivity index (χ4n) is 2.03. The topological polar surface area (TPSA) is 38.9 Å². The summed E-state index contributed by atoms with van der Waals surface area (Å²) in [6, 6.07) is 6.63. The van der Waals surface area contributed by atoms with Gasteiger partial charge in [0.2, 0.25) is 0 Å². The molecule has 3 rings (SSSR count). The first kappa shape index (κ1) is 9.73. The van der Waals surface area contributed by atoms with Crippen LogP contribution in [0.2, 0.25) is 0 Å². The standard InChI is InChI=1S/C13H13FN2/c14-11-3-4-12-9(6-11)5-10(7-16-12)13(15)8-1-2-8/h3-8,13H,1-2,15H2. The summed E-state index contributed by atoms with van der Waals surface area (Å²) in [5.41, 5.74) is 7.92. The molecule has 1 saturated carbocycles. The average Bonchev–Trinajstić information content (AvgIpc) is 3.11. The van der Waals surface area contributed by atoms with Crippen LogP contribution in [-0.4, -0.2) is 4.98 Å². The molecular weight excluding hydrogens is 203 g/mol. The number of fused-ring (bicyclic) bond motifs is 1. The van der Waals surface area contributed by atoms with Crippen LogP contribution in [0.3, 0.4) is 0 Å². The maximum absolute atomic E-state index is 13.1. The van der Waals surface area contributed by atoms with Crippen LogP contribution in [0.5, 0.6) is 0 Å². The van der Waals surface area contributed by atoms with Gasteiger partial charge in [-0.1, -0.05) is 0 Å². The van der Waals surface area contributed by atoms with Gasteiger partial charge < -0.3 is 5.73 Å². The second kappa shape index (κ2) is 3.52. The van der Waals surface area contributed by atoms with Crippen LogP contribution in [0.1, 0.15) is 24.4 Å². The molecule has 0 saturated heterocycles. The van der Waals surface area contributed by atoms with Crippen molar-refractivity contribution in [1.29, 1.82) is 0 Å².